The van der Waals surface area contributed by atoms with E-state index in [2.05, 4.69) is 5.32 Å². The number of hydrogen-bond donors (Lipinski definition) is 2. The van der Waals surface area contributed by atoms with Gasteiger partial charge in [-0.25, -0.2) is 8.78 Å². The van der Waals surface area contributed by atoms with Crippen LogP contribution in [0.3, 0.4) is 0 Å². The second-order valence-electron chi connectivity index (χ2n) is 4.08. The zero-order chi connectivity index (χ0) is 14.3. The number of amides is 1. The van der Waals surface area contributed by atoms with Gasteiger partial charge in [0.15, 0.2) is 0 Å². The first-order valence-electron chi connectivity index (χ1n) is 5.95. The molecule has 0 spiro atoms. The van der Waals surface area contributed by atoms with Crippen LogP contribution in [0.4, 0.5) is 8.78 Å². The molecule has 4 nitrogen and oxygen atoms in total. The van der Waals surface area contributed by atoms with Crippen LogP contribution in [0.1, 0.15) is 36.0 Å². The molecule has 0 atom stereocenters. The second kappa shape index (κ2) is 7.45. The van der Waals surface area contributed by atoms with Crippen molar-refractivity contribution in [1.82, 2.24) is 5.32 Å². The number of carbonyl (C=O) groups excluding carboxylic acids is 1. The predicted molar refractivity (Wildman–Crippen MR) is 64.8 cm³/mol. The third kappa shape index (κ3) is 5.46. The number of hydrogen-bond acceptors (Lipinski definition) is 2. The molecule has 1 aromatic carbocycles. The number of carboxylic acid groups (broad SMARTS) is 1. The molecular weight excluding hydrogens is 256 g/mol. The summed E-state index contributed by atoms with van der Waals surface area (Å²) < 4.78 is 25.9. The Morgan fingerprint density at radius 1 is 1.16 bits per heavy atom. The molecule has 2 N–H and O–H groups in total. The highest BCUT2D eigenvalue weighted by molar-refractivity contribution is 5.94. The Morgan fingerprint density at radius 3 is 2.53 bits per heavy atom. The summed E-state index contributed by atoms with van der Waals surface area (Å²) in [5.41, 5.74) is -0.202. The molecule has 0 unspecified atom stereocenters. The zero-order valence-electron chi connectivity index (χ0n) is 10.3. The molecule has 1 rings (SSSR count). The predicted octanol–water partition coefficient (Wildman–Crippen LogP) is 2.34. The molecule has 0 aliphatic rings. The lowest BCUT2D eigenvalue weighted by Crippen LogP contribution is -2.25. The fourth-order valence-corrected chi connectivity index (χ4v) is 1.55. The lowest BCUT2D eigenvalue weighted by atomic mass is 10.1. The Kier molecular flexibility index (Phi) is 5.92. The van der Waals surface area contributed by atoms with Gasteiger partial charge in [-0.3, -0.25) is 9.59 Å². The van der Waals surface area contributed by atoms with Gasteiger partial charge in [0.25, 0.3) is 5.91 Å². The maximum atomic E-state index is 13.3. The van der Waals surface area contributed by atoms with Crippen molar-refractivity contribution in [3.05, 3.63) is 35.4 Å². The molecule has 0 bridgehead atoms. The molecule has 0 aliphatic heterocycles. The lowest BCUT2D eigenvalue weighted by Gasteiger charge is -2.05. The van der Waals surface area contributed by atoms with Crippen LogP contribution in [0.25, 0.3) is 0 Å². The normalized spacial score (nSPS) is 10.2. The average Bonchev–Trinajstić information content (AvgIpc) is 2.32. The molecule has 0 fully saturated rings. The smallest absolute Gasteiger partial charge is 0.303 e. The van der Waals surface area contributed by atoms with E-state index >= 15 is 0 Å². The minimum absolute atomic E-state index is 0.0978. The lowest BCUT2D eigenvalue weighted by molar-refractivity contribution is -0.137. The quantitative estimate of drug-likeness (QED) is 0.748. The van der Waals surface area contributed by atoms with Crippen LogP contribution >= 0.6 is 0 Å². The van der Waals surface area contributed by atoms with Crippen molar-refractivity contribution >= 4 is 11.9 Å². The number of benzene rings is 1. The highest BCUT2D eigenvalue weighted by Crippen LogP contribution is 2.09. The van der Waals surface area contributed by atoms with Crippen molar-refractivity contribution < 1.29 is 23.5 Å². The number of aliphatic carboxylic acids is 1. The summed E-state index contributed by atoms with van der Waals surface area (Å²) in [5, 5.41) is 10.9. The molecule has 0 aliphatic carbocycles. The fraction of sp³-hybridized carbons (Fsp3) is 0.385. The summed E-state index contributed by atoms with van der Waals surface area (Å²) >= 11 is 0. The molecule has 0 saturated carbocycles. The monoisotopic (exact) mass is 271 g/mol. The van der Waals surface area contributed by atoms with Gasteiger partial charge in [-0.05, 0) is 25.0 Å². The van der Waals surface area contributed by atoms with Crippen molar-refractivity contribution in [2.75, 3.05) is 6.54 Å². The minimum atomic E-state index is -0.900. The van der Waals surface area contributed by atoms with Gasteiger partial charge in [0.1, 0.15) is 11.6 Å². The molecule has 0 aromatic heterocycles. The summed E-state index contributed by atoms with van der Waals surface area (Å²) in [7, 11) is 0. The van der Waals surface area contributed by atoms with E-state index in [1.165, 1.54) is 0 Å². The van der Waals surface area contributed by atoms with Gasteiger partial charge in [0.05, 0.1) is 5.56 Å². The molecule has 1 aromatic rings. The van der Waals surface area contributed by atoms with E-state index in [0.29, 0.717) is 31.9 Å². The van der Waals surface area contributed by atoms with Crippen LogP contribution in [-0.2, 0) is 4.79 Å². The third-order valence-corrected chi connectivity index (χ3v) is 2.53. The third-order valence-electron chi connectivity index (χ3n) is 2.53. The van der Waals surface area contributed by atoms with E-state index < -0.39 is 23.5 Å². The van der Waals surface area contributed by atoms with Crippen LogP contribution in [0.5, 0.6) is 0 Å². The van der Waals surface area contributed by atoms with Crippen molar-refractivity contribution in [3.63, 3.8) is 0 Å². The summed E-state index contributed by atoms with van der Waals surface area (Å²) in [6, 6.07) is 2.76. The Bertz CT molecular complexity index is 463. The first kappa shape index (κ1) is 15.1. The molecule has 1 amide bonds. The van der Waals surface area contributed by atoms with E-state index in [-0.39, 0.29) is 12.0 Å². The first-order valence-corrected chi connectivity index (χ1v) is 5.95. The summed E-state index contributed by atoms with van der Waals surface area (Å²) in [4.78, 5) is 21.8. The van der Waals surface area contributed by atoms with Crippen molar-refractivity contribution in [3.8, 4) is 0 Å². The fourth-order valence-electron chi connectivity index (χ4n) is 1.55. The number of halogens is 2. The Labute approximate surface area is 109 Å². The van der Waals surface area contributed by atoms with Gasteiger partial charge in [-0.15, -0.1) is 0 Å². The van der Waals surface area contributed by atoms with Crippen LogP contribution in [-0.4, -0.2) is 23.5 Å². The molecule has 104 valence electrons. The Balaban J connectivity index is 2.29. The van der Waals surface area contributed by atoms with Crippen LogP contribution < -0.4 is 5.32 Å². The van der Waals surface area contributed by atoms with Gasteiger partial charge < -0.3 is 10.4 Å². The summed E-state index contributed by atoms with van der Waals surface area (Å²) in [6.45, 7) is 0.329. The topological polar surface area (TPSA) is 66.4 Å². The number of nitrogens with one attached hydrogen (secondary N) is 1. The van der Waals surface area contributed by atoms with Gasteiger partial charge in [-0.2, -0.15) is 0 Å². The summed E-state index contributed by atoms with van der Waals surface area (Å²) in [6.07, 6.45) is 1.91. The van der Waals surface area contributed by atoms with E-state index in [1.807, 2.05) is 0 Å². The molecule has 6 heteroatoms. The number of carbonyl (C=O) groups is 2. The number of rotatable bonds is 7. The number of unbranched alkanes of at least 4 members (excludes halogenated alkanes) is 2. The van der Waals surface area contributed by atoms with E-state index in [0.717, 1.165) is 12.1 Å². The van der Waals surface area contributed by atoms with E-state index in [4.69, 9.17) is 5.11 Å². The highest BCUT2D eigenvalue weighted by Gasteiger charge is 2.11. The SMILES string of the molecule is O=C(O)CCCCCNC(=O)c1ccc(F)cc1F. The molecule has 19 heavy (non-hydrogen) atoms. The molecule has 0 heterocycles. The van der Waals surface area contributed by atoms with Crippen LogP contribution in [0, 0.1) is 11.6 Å². The van der Waals surface area contributed by atoms with Gasteiger partial charge >= 0.3 is 5.97 Å². The van der Waals surface area contributed by atoms with Crippen LogP contribution in [0.15, 0.2) is 18.2 Å². The van der Waals surface area contributed by atoms with Gasteiger partial charge in [0.2, 0.25) is 0 Å². The maximum absolute atomic E-state index is 13.3. The molecular formula is C13H15F2NO3. The molecule has 0 saturated heterocycles. The van der Waals surface area contributed by atoms with E-state index in [1.54, 1.807) is 0 Å². The van der Waals surface area contributed by atoms with Gasteiger partial charge in [0, 0.05) is 19.0 Å². The van der Waals surface area contributed by atoms with E-state index in [9.17, 15) is 18.4 Å². The zero-order valence-corrected chi connectivity index (χ0v) is 10.3. The average molecular weight is 271 g/mol. The maximum Gasteiger partial charge on any atom is 0.303 e. The van der Waals surface area contributed by atoms with Crippen molar-refractivity contribution in [1.29, 1.82) is 0 Å². The second-order valence-corrected chi connectivity index (χ2v) is 4.08. The molecule has 0 radical (unpaired) electrons. The standard InChI is InChI=1S/C13H15F2NO3/c14-9-5-6-10(11(15)8-9)13(19)16-7-3-1-2-4-12(17)18/h5-6,8H,1-4,7H2,(H,16,19)(H,17,18). The Morgan fingerprint density at radius 2 is 1.89 bits per heavy atom. The Hall–Kier alpha value is -1.98. The highest BCUT2D eigenvalue weighted by atomic mass is 19.1. The largest absolute Gasteiger partial charge is 0.481 e. The van der Waals surface area contributed by atoms with Gasteiger partial charge in [-0.1, -0.05) is 6.42 Å². The van der Waals surface area contributed by atoms with Crippen molar-refractivity contribution in [2.45, 2.75) is 25.7 Å². The van der Waals surface area contributed by atoms with Crippen LogP contribution in [0.2, 0.25) is 0 Å². The number of carboxylic acids is 1. The summed E-state index contributed by atoms with van der Waals surface area (Å²) in [5.74, 6) is -3.08. The van der Waals surface area contributed by atoms with Crippen molar-refractivity contribution in [2.24, 2.45) is 0 Å². The first-order chi connectivity index (χ1) is 9.00. The minimum Gasteiger partial charge on any atom is -0.481 e.